The van der Waals surface area contributed by atoms with E-state index in [0.29, 0.717) is 37.2 Å². The molecule has 2 aromatic carbocycles. The van der Waals surface area contributed by atoms with E-state index >= 15 is 0 Å². The minimum Gasteiger partial charge on any atom is -0.454 e. The smallest absolute Gasteiger partial charge is 0.339 e. The van der Waals surface area contributed by atoms with Crippen molar-refractivity contribution in [1.82, 2.24) is 4.90 Å². The molecule has 1 fully saturated rings. The molecular weight excluding hydrogens is 358 g/mol. The van der Waals surface area contributed by atoms with Gasteiger partial charge in [-0.2, -0.15) is 0 Å². The van der Waals surface area contributed by atoms with Gasteiger partial charge in [-0.1, -0.05) is 24.3 Å². The molecule has 6 nitrogen and oxygen atoms in total. The zero-order valence-electron chi connectivity index (χ0n) is 15.2. The van der Waals surface area contributed by atoms with Gasteiger partial charge in [0.25, 0.3) is 0 Å². The fourth-order valence-electron chi connectivity index (χ4n) is 4.10. The van der Waals surface area contributed by atoms with Crippen molar-refractivity contribution in [3.8, 4) is 11.5 Å². The maximum Gasteiger partial charge on any atom is 0.339 e. The molecule has 28 heavy (non-hydrogen) atoms. The zero-order valence-corrected chi connectivity index (χ0v) is 15.2. The molecular formula is C22H19NO5. The highest BCUT2D eigenvalue weighted by molar-refractivity contribution is 5.95. The SMILES string of the molecule is O=C1OC2(CCN(C(=O)C=Cc3ccc4c(c3)OCO4)CC2)c2ccccc21. The van der Waals surface area contributed by atoms with E-state index in [-0.39, 0.29) is 18.7 Å². The summed E-state index contributed by atoms with van der Waals surface area (Å²) >= 11 is 0. The van der Waals surface area contributed by atoms with Gasteiger partial charge < -0.3 is 19.1 Å². The minimum absolute atomic E-state index is 0.0508. The molecule has 0 aromatic heterocycles. The lowest BCUT2D eigenvalue weighted by Crippen LogP contribution is -2.44. The Labute approximate surface area is 162 Å². The van der Waals surface area contributed by atoms with Crippen LogP contribution in [-0.2, 0) is 15.1 Å². The molecule has 5 rings (SSSR count). The number of amides is 1. The second-order valence-electron chi connectivity index (χ2n) is 7.20. The van der Waals surface area contributed by atoms with Crippen molar-refractivity contribution in [2.24, 2.45) is 0 Å². The van der Waals surface area contributed by atoms with Gasteiger partial charge in [0.2, 0.25) is 12.7 Å². The highest BCUT2D eigenvalue weighted by atomic mass is 16.7. The van der Waals surface area contributed by atoms with Crippen molar-refractivity contribution < 1.29 is 23.8 Å². The Morgan fingerprint density at radius 3 is 2.68 bits per heavy atom. The molecule has 142 valence electrons. The summed E-state index contributed by atoms with van der Waals surface area (Å²) in [7, 11) is 0. The van der Waals surface area contributed by atoms with Crippen LogP contribution in [0, 0.1) is 0 Å². The van der Waals surface area contributed by atoms with Gasteiger partial charge in [-0.25, -0.2) is 4.79 Å². The molecule has 3 heterocycles. The quantitative estimate of drug-likeness (QED) is 0.594. The molecule has 1 saturated heterocycles. The largest absolute Gasteiger partial charge is 0.454 e. The number of fused-ring (bicyclic) bond motifs is 3. The summed E-state index contributed by atoms with van der Waals surface area (Å²) in [5.74, 6) is 1.09. The molecule has 0 aliphatic carbocycles. The molecule has 0 saturated carbocycles. The number of benzene rings is 2. The lowest BCUT2D eigenvalue weighted by Gasteiger charge is -2.38. The van der Waals surface area contributed by atoms with Gasteiger partial charge in [0.15, 0.2) is 11.5 Å². The fourth-order valence-corrected chi connectivity index (χ4v) is 4.10. The third kappa shape index (κ3) is 2.72. The van der Waals surface area contributed by atoms with E-state index in [1.807, 2.05) is 36.4 Å². The van der Waals surface area contributed by atoms with E-state index in [1.165, 1.54) is 0 Å². The average Bonchev–Trinajstić information content (AvgIpc) is 3.30. The van der Waals surface area contributed by atoms with Crippen LogP contribution in [-0.4, -0.2) is 36.7 Å². The van der Waals surface area contributed by atoms with Gasteiger partial charge in [-0.15, -0.1) is 0 Å². The molecule has 0 N–H and O–H groups in total. The maximum atomic E-state index is 12.6. The monoisotopic (exact) mass is 377 g/mol. The van der Waals surface area contributed by atoms with E-state index in [1.54, 1.807) is 23.1 Å². The van der Waals surface area contributed by atoms with Crippen LogP contribution in [0.5, 0.6) is 11.5 Å². The van der Waals surface area contributed by atoms with Crippen molar-refractivity contribution in [2.45, 2.75) is 18.4 Å². The van der Waals surface area contributed by atoms with Gasteiger partial charge in [-0.05, 0) is 29.8 Å². The van der Waals surface area contributed by atoms with Crippen molar-refractivity contribution >= 4 is 18.0 Å². The second kappa shape index (κ2) is 6.41. The van der Waals surface area contributed by atoms with Gasteiger partial charge in [-0.3, -0.25) is 4.79 Å². The standard InChI is InChI=1S/C22H19NO5/c24-20(8-6-15-5-7-18-19(13-15)27-14-26-18)23-11-9-22(10-12-23)17-4-2-1-3-16(17)21(25)28-22/h1-8,13H,9-12,14H2. The van der Waals surface area contributed by atoms with Crippen LogP contribution < -0.4 is 9.47 Å². The molecule has 2 aromatic rings. The van der Waals surface area contributed by atoms with Crippen LogP contribution in [0.2, 0.25) is 0 Å². The lowest BCUT2D eigenvalue weighted by atomic mass is 9.84. The van der Waals surface area contributed by atoms with Crippen LogP contribution in [0.15, 0.2) is 48.5 Å². The number of rotatable bonds is 2. The Morgan fingerprint density at radius 1 is 1.04 bits per heavy atom. The molecule has 3 aliphatic rings. The first kappa shape index (κ1) is 16.9. The first-order chi connectivity index (χ1) is 13.6. The Balaban J connectivity index is 1.26. The van der Waals surface area contributed by atoms with E-state index < -0.39 is 5.60 Å². The first-order valence-corrected chi connectivity index (χ1v) is 9.34. The topological polar surface area (TPSA) is 65.1 Å². The molecule has 1 amide bonds. The first-order valence-electron chi connectivity index (χ1n) is 9.34. The number of hydrogen-bond donors (Lipinski definition) is 0. The lowest BCUT2D eigenvalue weighted by molar-refractivity contribution is -0.130. The van der Waals surface area contributed by atoms with E-state index in [2.05, 4.69) is 0 Å². The van der Waals surface area contributed by atoms with Crippen LogP contribution >= 0.6 is 0 Å². The van der Waals surface area contributed by atoms with Crippen LogP contribution in [0.1, 0.15) is 34.3 Å². The normalized spacial score (nSPS) is 19.1. The summed E-state index contributed by atoms with van der Waals surface area (Å²) in [5.41, 5.74) is 1.88. The van der Waals surface area contributed by atoms with Gasteiger partial charge in [0, 0.05) is 37.6 Å². The van der Waals surface area contributed by atoms with E-state index in [4.69, 9.17) is 14.2 Å². The number of hydrogen-bond acceptors (Lipinski definition) is 5. The van der Waals surface area contributed by atoms with Crippen molar-refractivity contribution in [2.75, 3.05) is 19.9 Å². The van der Waals surface area contributed by atoms with Crippen LogP contribution in [0.4, 0.5) is 0 Å². The maximum absolute atomic E-state index is 12.6. The summed E-state index contributed by atoms with van der Waals surface area (Å²) in [6, 6.07) is 13.1. The summed E-state index contributed by atoms with van der Waals surface area (Å²) in [5, 5.41) is 0. The molecule has 3 aliphatic heterocycles. The Kier molecular flexibility index (Phi) is 3.86. The number of ether oxygens (including phenoxy) is 3. The Morgan fingerprint density at radius 2 is 1.82 bits per heavy atom. The van der Waals surface area contributed by atoms with Gasteiger partial charge >= 0.3 is 5.97 Å². The molecule has 6 heteroatoms. The Hall–Kier alpha value is -3.28. The van der Waals surface area contributed by atoms with Crippen molar-refractivity contribution in [1.29, 1.82) is 0 Å². The minimum atomic E-state index is -0.592. The molecule has 0 bridgehead atoms. The fraction of sp³-hybridized carbons (Fsp3) is 0.273. The zero-order chi connectivity index (χ0) is 19.1. The summed E-state index contributed by atoms with van der Waals surface area (Å²) in [4.78, 5) is 26.6. The van der Waals surface area contributed by atoms with E-state index in [9.17, 15) is 9.59 Å². The molecule has 1 spiro atoms. The summed E-state index contributed by atoms with van der Waals surface area (Å²) in [6.07, 6.45) is 4.57. The highest BCUT2D eigenvalue weighted by Gasteiger charge is 2.47. The average molecular weight is 377 g/mol. The van der Waals surface area contributed by atoms with Crippen molar-refractivity contribution in [3.63, 3.8) is 0 Å². The van der Waals surface area contributed by atoms with E-state index in [0.717, 1.165) is 16.9 Å². The van der Waals surface area contributed by atoms with Gasteiger partial charge in [0.05, 0.1) is 5.56 Å². The second-order valence-corrected chi connectivity index (χ2v) is 7.20. The van der Waals surface area contributed by atoms with Crippen LogP contribution in [0.3, 0.4) is 0 Å². The molecule has 0 unspecified atom stereocenters. The molecule has 0 atom stereocenters. The third-order valence-corrected chi connectivity index (χ3v) is 5.62. The number of likely N-dealkylation sites (tertiary alicyclic amines) is 1. The number of carbonyl (C=O) groups is 2. The summed E-state index contributed by atoms with van der Waals surface area (Å²) < 4.78 is 16.4. The number of carbonyl (C=O) groups excluding carboxylic acids is 2. The number of esters is 1. The predicted molar refractivity (Wildman–Crippen MR) is 101 cm³/mol. The van der Waals surface area contributed by atoms with Gasteiger partial charge in [0.1, 0.15) is 5.60 Å². The van der Waals surface area contributed by atoms with Crippen molar-refractivity contribution in [3.05, 3.63) is 65.2 Å². The highest BCUT2D eigenvalue weighted by Crippen LogP contribution is 2.44. The molecule has 0 radical (unpaired) electrons. The predicted octanol–water partition coefficient (Wildman–Crippen LogP) is 3.12. The Bertz CT molecular complexity index is 988. The summed E-state index contributed by atoms with van der Waals surface area (Å²) in [6.45, 7) is 1.32. The number of nitrogens with zero attached hydrogens (tertiary/aromatic N) is 1. The number of piperidine rings is 1. The third-order valence-electron chi connectivity index (χ3n) is 5.62. The van der Waals surface area contributed by atoms with Crippen LogP contribution in [0.25, 0.3) is 6.08 Å².